The molecule has 0 radical (unpaired) electrons. The molecule has 29 heavy (non-hydrogen) atoms. The number of nitrogens with zero attached hydrogens (tertiary/aromatic N) is 2. The molecule has 0 amide bonds. The van der Waals surface area contributed by atoms with Gasteiger partial charge >= 0.3 is 5.97 Å². The minimum absolute atomic E-state index is 0.0399. The normalized spacial score (nSPS) is 15.2. The summed E-state index contributed by atoms with van der Waals surface area (Å²) in [6.45, 7) is 0. The van der Waals surface area contributed by atoms with Crippen LogP contribution in [-0.2, 0) is 17.6 Å². The van der Waals surface area contributed by atoms with Crippen LogP contribution < -0.4 is 19.9 Å². The van der Waals surface area contributed by atoms with Crippen molar-refractivity contribution >= 4 is 11.8 Å². The van der Waals surface area contributed by atoms with Crippen LogP contribution in [0.5, 0.6) is 17.2 Å². The average Bonchev–Trinajstić information content (AvgIpc) is 2.71. The number of hydrogen-bond donors (Lipinski definition) is 2. The van der Waals surface area contributed by atoms with Gasteiger partial charge in [-0.1, -0.05) is 0 Å². The van der Waals surface area contributed by atoms with E-state index in [9.17, 15) is 15.2 Å². The van der Waals surface area contributed by atoms with Crippen LogP contribution in [0.15, 0.2) is 12.1 Å². The Balaban J connectivity index is 2.29. The van der Waals surface area contributed by atoms with Crippen LogP contribution >= 0.6 is 0 Å². The average molecular weight is 397 g/mol. The van der Waals surface area contributed by atoms with Crippen LogP contribution in [0.25, 0.3) is 11.1 Å². The Morgan fingerprint density at radius 2 is 2.00 bits per heavy atom. The molecule has 0 bridgehead atoms. The number of anilines is 1. The van der Waals surface area contributed by atoms with Gasteiger partial charge in [-0.2, -0.15) is 5.26 Å². The largest absolute Gasteiger partial charge is 0.493 e. The molecule has 2 aromatic rings. The van der Waals surface area contributed by atoms with Crippen LogP contribution in [-0.4, -0.2) is 37.4 Å². The molecule has 8 nitrogen and oxygen atoms in total. The molecule has 1 heterocycles. The molecular formula is C21H23N3O5. The SMILES string of the molecule is COc1ccc(-c2c(C#N)c(N)nc3c2CC(CC(=O)O)CC3)c(OC)c1OC. The zero-order valence-electron chi connectivity index (χ0n) is 16.6. The summed E-state index contributed by atoms with van der Waals surface area (Å²) in [7, 11) is 4.55. The monoisotopic (exact) mass is 397 g/mol. The summed E-state index contributed by atoms with van der Waals surface area (Å²) in [5.41, 5.74) is 9.20. The molecule has 0 saturated heterocycles. The molecule has 0 saturated carbocycles. The smallest absolute Gasteiger partial charge is 0.303 e. The molecule has 0 spiro atoms. The molecule has 1 aliphatic rings. The van der Waals surface area contributed by atoms with Crippen LogP contribution in [0, 0.1) is 17.2 Å². The molecule has 0 fully saturated rings. The Kier molecular flexibility index (Phi) is 5.78. The lowest BCUT2D eigenvalue weighted by Gasteiger charge is -2.27. The molecule has 1 atom stereocenters. The number of ether oxygens (including phenoxy) is 3. The number of aryl methyl sites for hydroxylation is 1. The second-order valence-electron chi connectivity index (χ2n) is 6.87. The number of fused-ring (bicyclic) bond motifs is 1. The maximum Gasteiger partial charge on any atom is 0.303 e. The van der Waals surface area contributed by atoms with Gasteiger partial charge in [-0.15, -0.1) is 0 Å². The summed E-state index contributed by atoms with van der Waals surface area (Å²) in [4.78, 5) is 15.7. The number of benzene rings is 1. The fourth-order valence-electron chi connectivity index (χ4n) is 3.98. The topological polar surface area (TPSA) is 128 Å². The van der Waals surface area contributed by atoms with Crippen molar-refractivity contribution in [2.45, 2.75) is 25.7 Å². The highest BCUT2D eigenvalue weighted by Gasteiger charge is 2.30. The van der Waals surface area contributed by atoms with Gasteiger partial charge in [-0.3, -0.25) is 4.79 Å². The van der Waals surface area contributed by atoms with E-state index in [4.69, 9.17) is 19.9 Å². The fraction of sp³-hybridized carbons (Fsp3) is 0.381. The van der Waals surface area contributed by atoms with Crippen molar-refractivity contribution in [3.63, 3.8) is 0 Å². The molecule has 1 aliphatic carbocycles. The number of carboxylic acids is 1. The summed E-state index contributed by atoms with van der Waals surface area (Å²) >= 11 is 0. The quantitative estimate of drug-likeness (QED) is 0.761. The lowest BCUT2D eigenvalue weighted by molar-refractivity contribution is -0.138. The maximum atomic E-state index is 11.2. The number of nitrogen functional groups attached to an aromatic ring is 1. The van der Waals surface area contributed by atoms with Crippen LogP contribution in [0.4, 0.5) is 5.82 Å². The van der Waals surface area contributed by atoms with Crippen molar-refractivity contribution in [1.29, 1.82) is 5.26 Å². The van der Waals surface area contributed by atoms with Gasteiger partial charge in [0.2, 0.25) is 5.75 Å². The number of carbonyl (C=O) groups is 1. The van der Waals surface area contributed by atoms with Gasteiger partial charge in [-0.25, -0.2) is 4.98 Å². The van der Waals surface area contributed by atoms with Gasteiger partial charge in [0.15, 0.2) is 11.5 Å². The van der Waals surface area contributed by atoms with E-state index in [-0.39, 0.29) is 23.7 Å². The Morgan fingerprint density at radius 3 is 2.59 bits per heavy atom. The molecule has 1 unspecified atom stereocenters. The van der Waals surface area contributed by atoms with Crippen LogP contribution in [0.2, 0.25) is 0 Å². The number of hydrogen-bond acceptors (Lipinski definition) is 7. The van der Waals surface area contributed by atoms with Crippen LogP contribution in [0.1, 0.15) is 29.7 Å². The molecule has 8 heteroatoms. The number of aliphatic carboxylic acids is 1. The van der Waals surface area contributed by atoms with Crippen molar-refractivity contribution < 1.29 is 24.1 Å². The van der Waals surface area contributed by atoms with E-state index >= 15 is 0 Å². The van der Waals surface area contributed by atoms with E-state index < -0.39 is 5.97 Å². The van der Waals surface area contributed by atoms with Crippen molar-refractivity contribution in [2.24, 2.45) is 5.92 Å². The summed E-state index contributed by atoms with van der Waals surface area (Å²) in [6.07, 6.45) is 1.87. The fourth-order valence-corrected chi connectivity index (χ4v) is 3.98. The van der Waals surface area contributed by atoms with E-state index in [2.05, 4.69) is 11.1 Å². The zero-order valence-corrected chi connectivity index (χ0v) is 16.6. The first-order valence-electron chi connectivity index (χ1n) is 9.17. The number of nitrogens with two attached hydrogens (primary N) is 1. The van der Waals surface area contributed by atoms with E-state index in [0.29, 0.717) is 47.6 Å². The summed E-state index contributed by atoms with van der Waals surface area (Å²) in [5, 5.41) is 19.0. The lowest BCUT2D eigenvalue weighted by atomic mass is 9.80. The van der Waals surface area contributed by atoms with Crippen molar-refractivity contribution in [3.05, 3.63) is 29.0 Å². The number of pyridine rings is 1. The minimum atomic E-state index is -0.840. The van der Waals surface area contributed by atoms with E-state index in [1.807, 2.05) is 0 Å². The first-order valence-corrected chi connectivity index (χ1v) is 9.17. The first kappa shape index (κ1) is 20.3. The molecule has 1 aromatic heterocycles. The van der Waals surface area contributed by atoms with E-state index in [1.54, 1.807) is 12.1 Å². The highest BCUT2D eigenvalue weighted by Crippen LogP contribution is 2.48. The molecule has 0 aliphatic heterocycles. The van der Waals surface area contributed by atoms with Crippen molar-refractivity contribution in [2.75, 3.05) is 27.1 Å². The third-order valence-electron chi connectivity index (χ3n) is 5.24. The minimum Gasteiger partial charge on any atom is -0.493 e. The molecular weight excluding hydrogens is 374 g/mol. The molecule has 3 rings (SSSR count). The molecule has 152 valence electrons. The number of nitriles is 1. The predicted octanol–water partition coefficient (Wildman–Crippen LogP) is 2.81. The second kappa shape index (κ2) is 8.27. The van der Waals surface area contributed by atoms with Crippen molar-refractivity contribution in [3.8, 4) is 34.4 Å². The van der Waals surface area contributed by atoms with Gasteiger partial charge < -0.3 is 25.1 Å². The second-order valence-corrected chi connectivity index (χ2v) is 6.87. The number of rotatable bonds is 6. The molecule has 1 aromatic carbocycles. The maximum absolute atomic E-state index is 11.2. The third-order valence-corrected chi connectivity index (χ3v) is 5.24. The summed E-state index contributed by atoms with van der Waals surface area (Å²) in [5.74, 6) is 0.574. The Hall–Kier alpha value is -3.47. The van der Waals surface area contributed by atoms with Crippen LogP contribution in [0.3, 0.4) is 0 Å². The predicted molar refractivity (Wildman–Crippen MR) is 106 cm³/mol. The van der Waals surface area contributed by atoms with E-state index in [0.717, 1.165) is 11.3 Å². The Morgan fingerprint density at radius 1 is 1.28 bits per heavy atom. The zero-order chi connectivity index (χ0) is 21.1. The van der Waals surface area contributed by atoms with Gasteiger partial charge in [-0.05, 0) is 42.9 Å². The number of carboxylic acid groups (broad SMARTS) is 1. The summed E-state index contributed by atoms with van der Waals surface area (Å²) in [6, 6.07) is 5.68. The lowest BCUT2D eigenvalue weighted by Crippen LogP contribution is -2.21. The highest BCUT2D eigenvalue weighted by atomic mass is 16.5. The van der Waals surface area contributed by atoms with E-state index in [1.165, 1.54) is 21.3 Å². The standard InChI is InChI=1S/C21H23N3O5/c1-27-16-7-5-12(19(28-2)20(16)29-3)18-13-8-11(9-17(25)26)4-6-15(13)24-21(23)14(18)10-22/h5,7,11H,4,6,8-9H2,1-3H3,(H2,23,24)(H,25,26). The number of aromatic nitrogens is 1. The first-order chi connectivity index (χ1) is 13.9. The van der Waals surface area contributed by atoms with Gasteiger partial charge in [0.05, 0.1) is 21.3 Å². The van der Waals surface area contributed by atoms with Gasteiger partial charge in [0.1, 0.15) is 17.5 Å². The van der Waals surface area contributed by atoms with Gasteiger partial charge in [0.25, 0.3) is 0 Å². The van der Waals surface area contributed by atoms with Gasteiger partial charge in [0, 0.05) is 23.2 Å². The number of methoxy groups -OCH3 is 3. The third kappa shape index (κ3) is 3.63. The molecule has 3 N–H and O–H groups in total. The Bertz CT molecular complexity index is 997. The van der Waals surface area contributed by atoms with Crippen molar-refractivity contribution in [1.82, 2.24) is 4.98 Å². The highest BCUT2D eigenvalue weighted by molar-refractivity contribution is 5.85. The summed E-state index contributed by atoms with van der Waals surface area (Å²) < 4.78 is 16.5. The Labute approximate surface area is 168 Å².